The number of hydrogen-bond donors (Lipinski definition) is 1. The molecular formula is C20H23NO4. The maximum atomic E-state index is 12.1. The zero-order valence-electron chi connectivity index (χ0n) is 15.0. The maximum absolute atomic E-state index is 12.1. The summed E-state index contributed by atoms with van der Waals surface area (Å²) in [5, 5.41) is 2.75. The molecule has 0 saturated heterocycles. The van der Waals surface area contributed by atoms with Crippen LogP contribution in [0.2, 0.25) is 0 Å². The van der Waals surface area contributed by atoms with E-state index in [-0.39, 0.29) is 12.5 Å². The highest BCUT2D eigenvalue weighted by atomic mass is 16.6. The van der Waals surface area contributed by atoms with Gasteiger partial charge in [-0.2, -0.15) is 0 Å². The van der Waals surface area contributed by atoms with Gasteiger partial charge in [0.1, 0.15) is 5.75 Å². The highest BCUT2D eigenvalue weighted by molar-refractivity contribution is 5.95. The van der Waals surface area contributed by atoms with Gasteiger partial charge in [-0.15, -0.1) is 0 Å². The average molecular weight is 341 g/mol. The Kier molecular flexibility index (Phi) is 6.17. The van der Waals surface area contributed by atoms with Crippen LogP contribution in [-0.2, 0) is 14.3 Å². The summed E-state index contributed by atoms with van der Waals surface area (Å²) >= 11 is 0. The van der Waals surface area contributed by atoms with E-state index in [0.717, 1.165) is 16.7 Å². The van der Waals surface area contributed by atoms with Gasteiger partial charge >= 0.3 is 5.97 Å². The van der Waals surface area contributed by atoms with Crippen molar-refractivity contribution >= 4 is 17.6 Å². The summed E-state index contributed by atoms with van der Waals surface area (Å²) < 4.78 is 10.6. The number of nitrogens with one attached hydrogen (secondary N) is 1. The van der Waals surface area contributed by atoms with Gasteiger partial charge in [-0.25, -0.2) is 4.79 Å². The van der Waals surface area contributed by atoms with E-state index in [0.29, 0.717) is 11.4 Å². The van der Waals surface area contributed by atoms with Crippen LogP contribution < -0.4 is 10.1 Å². The van der Waals surface area contributed by atoms with Gasteiger partial charge in [-0.05, 0) is 56.5 Å². The Morgan fingerprint density at radius 1 is 1.04 bits per heavy atom. The molecule has 0 heterocycles. The number of rotatable bonds is 6. The standard InChI is InChI=1S/C20H23NO4/c1-13-9-10-15(3)18(11-13)24-12-19(22)25-16(4)20(23)21-17-8-6-5-7-14(17)2/h5-11,16H,12H2,1-4H3,(H,21,23). The fourth-order valence-corrected chi connectivity index (χ4v) is 2.23. The molecule has 0 aromatic heterocycles. The van der Waals surface area contributed by atoms with Crippen molar-refractivity contribution in [1.29, 1.82) is 0 Å². The predicted molar refractivity (Wildman–Crippen MR) is 96.8 cm³/mol. The second kappa shape index (κ2) is 8.33. The zero-order valence-corrected chi connectivity index (χ0v) is 15.0. The summed E-state index contributed by atoms with van der Waals surface area (Å²) in [5.74, 6) is -0.336. The van der Waals surface area contributed by atoms with Crippen molar-refractivity contribution in [3.63, 3.8) is 0 Å². The number of anilines is 1. The molecule has 0 spiro atoms. The monoisotopic (exact) mass is 341 g/mol. The Morgan fingerprint density at radius 3 is 2.48 bits per heavy atom. The lowest BCUT2D eigenvalue weighted by molar-refractivity contribution is -0.155. The van der Waals surface area contributed by atoms with E-state index >= 15 is 0 Å². The number of hydrogen-bond acceptors (Lipinski definition) is 4. The molecule has 0 saturated carbocycles. The molecule has 0 aliphatic rings. The van der Waals surface area contributed by atoms with Crippen LogP contribution >= 0.6 is 0 Å². The molecule has 0 aliphatic heterocycles. The van der Waals surface area contributed by atoms with Crippen molar-refractivity contribution in [2.75, 3.05) is 11.9 Å². The third kappa shape index (κ3) is 5.35. The van der Waals surface area contributed by atoms with E-state index in [1.165, 1.54) is 6.92 Å². The summed E-state index contributed by atoms with van der Waals surface area (Å²) in [7, 11) is 0. The second-order valence-electron chi connectivity index (χ2n) is 5.99. The van der Waals surface area contributed by atoms with Crippen LogP contribution in [0.3, 0.4) is 0 Å². The molecule has 2 aromatic rings. The Bertz CT molecular complexity index is 770. The molecule has 0 bridgehead atoms. The smallest absolute Gasteiger partial charge is 0.344 e. The maximum Gasteiger partial charge on any atom is 0.344 e. The van der Waals surface area contributed by atoms with Gasteiger partial charge in [-0.1, -0.05) is 30.3 Å². The zero-order chi connectivity index (χ0) is 18.4. The van der Waals surface area contributed by atoms with E-state index in [9.17, 15) is 9.59 Å². The molecule has 5 heteroatoms. The molecule has 0 aliphatic carbocycles. The first-order valence-electron chi connectivity index (χ1n) is 8.13. The fourth-order valence-electron chi connectivity index (χ4n) is 2.23. The Hall–Kier alpha value is -2.82. The van der Waals surface area contributed by atoms with E-state index in [2.05, 4.69) is 5.32 Å². The van der Waals surface area contributed by atoms with E-state index in [4.69, 9.17) is 9.47 Å². The molecule has 5 nitrogen and oxygen atoms in total. The molecule has 1 unspecified atom stereocenters. The lowest BCUT2D eigenvalue weighted by Gasteiger charge is -2.15. The van der Waals surface area contributed by atoms with Gasteiger partial charge in [0.25, 0.3) is 5.91 Å². The first-order valence-corrected chi connectivity index (χ1v) is 8.13. The average Bonchev–Trinajstić information content (AvgIpc) is 2.57. The van der Waals surface area contributed by atoms with E-state index in [1.54, 1.807) is 6.07 Å². The topological polar surface area (TPSA) is 64.6 Å². The number of benzene rings is 2. The number of ether oxygens (including phenoxy) is 2. The van der Waals surface area contributed by atoms with Crippen LogP contribution in [-0.4, -0.2) is 24.6 Å². The van der Waals surface area contributed by atoms with Crippen molar-refractivity contribution < 1.29 is 19.1 Å². The molecule has 2 aromatic carbocycles. The van der Waals surface area contributed by atoms with Gasteiger partial charge in [-0.3, -0.25) is 4.79 Å². The molecule has 1 N–H and O–H groups in total. The minimum Gasteiger partial charge on any atom is -0.482 e. The largest absolute Gasteiger partial charge is 0.482 e. The Morgan fingerprint density at radius 2 is 1.76 bits per heavy atom. The van der Waals surface area contributed by atoms with Crippen LogP contribution in [0, 0.1) is 20.8 Å². The highest BCUT2D eigenvalue weighted by Crippen LogP contribution is 2.19. The minimum atomic E-state index is -0.908. The quantitative estimate of drug-likeness (QED) is 0.816. The molecule has 132 valence electrons. The van der Waals surface area contributed by atoms with Crippen molar-refractivity contribution in [2.45, 2.75) is 33.8 Å². The highest BCUT2D eigenvalue weighted by Gasteiger charge is 2.19. The lowest BCUT2D eigenvalue weighted by Crippen LogP contribution is -2.31. The second-order valence-corrected chi connectivity index (χ2v) is 5.99. The van der Waals surface area contributed by atoms with Crippen molar-refractivity contribution in [3.8, 4) is 5.75 Å². The molecule has 25 heavy (non-hydrogen) atoms. The number of para-hydroxylation sites is 1. The molecule has 1 atom stereocenters. The fraction of sp³-hybridized carbons (Fsp3) is 0.300. The summed E-state index contributed by atoms with van der Waals surface area (Å²) in [6, 6.07) is 13.2. The summed E-state index contributed by atoms with van der Waals surface area (Å²) in [5.41, 5.74) is 3.61. The van der Waals surface area contributed by atoms with E-state index < -0.39 is 12.1 Å². The molecule has 0 radical (unpaired) electrons. The van der Waals surface area contributed by atoms with Crippen LogP contribution in [0.4, 0.5) is 5.69 Å². The minimum absolute atomic E-state index is 0.244. The Balaban J connectivity index is 1.86. The number of carbonyl (C=O) groups is 2. The van der Waals surface area contributed by atoms with Crippen molar-refractivity contribution in [1.82, 2.24) is 0 Å². The molecule has 0 fully saturated rings. The third-order valence-electron chi connectivity index (χ3n) is 3.77. The van der Waals surface area contributed by atoms with Gasteiger partial charge in [0.15, 0.2) is 12.7 Å². The first kappa shape index (κ1) is 18.5. The molecule has 1 amide bonds. The van der Waals surface area contributed by atoms with Crippen LogP contribution in [0.5, 0.6) is 5.75 Å². The number of amides is 1. The van der Waals surface area contributed by atoms with Crippen molar-refractivity contribution in [3.05, 3.63) is 59.2 Å². The van der Waals surface area contributed by atoms with Gasteiger partial charge < -0.3 is 14.8 Å². The predicted octanol–water partition coefficient (Wildman–Crippen LogP) is 3.56. The van der Waals surface area contributed by atoms with Gasteiger partial charge in [0.05, 0.1) is 0 Å². The molecule has 2 rings (SSSR count). The summed E-state index contributed by atoms with van der Waals surface area (Å²) in [4.78, 5) is 24.1. The van der Waals surface area contributed by atoms with Crippen LogP contribution in [0.1, 0.15) is 23.6 Å². The van der Waals surface area contributed by atoms with Crippen LogP contribution in [0.15, 0.2) is 42.5 Å². The first-order chi connectivity index (χ1) is 11.9. The molecular weight excluding hydrogens is 318 g/mol. The lowest BCUT2D eigenvalue weighted by atomic mass is 10.1. The number of esters is 1. The van der Waals surface area contributed by atoms with Gasteiger partial charge in [0, 0.05) is 5.69 Å². The third-order valence-corrected chi connectivity index (χ3v) is 3.77. The SMILES string of the molecule is Cc1ccc(C)c(OCC(=O)OC(C)C(=O)Nc2ccccc2C)c1. The van der Waals surface area contributed by atoms with Gasteiger partial charge in [0.2, 0.25) is 0 Å². The van der Waals surface area contributed by atoms with E-state index in [1.807, 2.05) is 57.2 Å². The normalized spacial score (nSPS) is 11.5. The van der Waals surface area contributed by atoms with Crippen molar-refractivity contribution in [2.24, 2.45) is 0 Å². The van der Waals surface area contributed by atoms with Crippen LogP contribution in [0.25, 0.3) is 0 Å². The summed E-state index contributed by atoms with van der Waals surface area (Å²) in [6.45, 7) is 7.03. The number of carbonyl (C=O) groups excluding carboxylic acids is 2. The number of aryl methyl sites for hydroxylation is 3. The summed E-state index contributed by atoms with van der Waals surface area (Å²) in [6.07, 6.45) is -0.908. The Labute approximate surface area is 148 Å².